The number of esters is 1. The van der Waals surface area contributed by atoms with Gasteiger partial charge in [-0.25, -0.2) is 0 Å². The number of unbranched alkanes of at least 4 members (excludes halogenated alkanes) is 13. The van der Waals surface area contributed by atoms with Gasteiger partial charge in [0.15, 0.2) is 0 Å². The van der Waals surface area contributed by atoms with E-state index in [4.69, 9.17) is 9.47 Å². The molecule has 26 heavy (non-hydrogen) atoms. The first-order chi connectivity index (χ1) is 12.6. The van der Waals surface area contributed by atoms with Gasteiger partial charge in [0.25, 0.3) is 0 Å². The molecule has 0 radical (unpaired) electrons. The lowest BCUT2D eigenvalue weighted by molar-refractivity contribution is -0.167. The van der Waals surface area contributed by atoms with Gasteiger partial charge >= 0.3 is 5.97 Å². The first-order valence-electron chi connectivity index (χ1n) is 10.6. The van der Waals surface area contributed by atoms with Gasteiger partial charge in [-0.1, -0.05) is 113 Å². The summed E-state index contributed by atoms with van der Waals surface area (Å²) >= 11 is 3.08. The molecule has 0 heterocycles. The normalized spacial score (nSPS) is 12.1. The zero-order valence-corrected chi connectivity index (χ0v) is 18.8. The third-order valence-corrected chi connectivity index (χ3v) is 4.97. The van der Waals surface area contributed by atoms with Crippen LogP contribution in [0.25, 0.3) is 0 Å². The molecule has 0 saturated heterocycles. The van der Waals surface area contributed by atoms with Crippen LogP contribution in [0.1, 0.15) is 104 Å². The van der Waals surface area contributed by atoms with Crippen LogP contribution in [0.15, 0.2) is 12.2 Å². The summed E-state index contributed by atoms with van der Waals surface area (Å²) in [4.78, 5) is 11.3. The van der Waals surface area contributed by atoms with Gasteiger partial charge in [0, 0.05) is 0 Å². The molecule has 0 aromatic carbocycles. The molecule has 1 unspecified atom stereocenters. The Labute approximate surface area is 170 Å². The largest absolute Gasteiger partial charge is 0.431 e. The van der Waals surface area contributed by atoms with Crippen molar-refractivity contribution in [3.8, 4) is 0 Å². The average molecular weight is 433 g/mol. The third-order valence-electron chi connectivity index (χ3n) is 4.52. The molecule has 3 nitrogen and oxygen atoms in total. The van der Waals surface area contributed by atoms with Crippen molar-refractivity contribution in [2.24, 2.45) is 0 Å². The van der Waals surface area contributed by atoms with Gasteiger partial charge in [0.1, 0.15) is 5.33 Å². The molecule has 4 heteroatoms. The summed E-state index contributed by atoms with van der Waals surface area (Å²) in [5.74, 6) is -0.320. The average Bonchev–Trinajstić information content (AvgIpc) is 2.63. The van der Waals surface area contributed by atoms with Crippen LogP contribution in [-0.2, 0) is 14.3 Å². The van der Waals surface area contributed by atoms with Gasteiger partial charge in [0.2, 0.25) is 6.29 Å². The fourth-order valence-electron chi connectivity index (χ4n) is 2.91. The molecule has 0 spiro atoms. The van der Waals surface area contributed by atoms with E-state index in [1.807, 2.05) is 6.92 Å². The highest BCUT2D eigenvalue weighted by Crippen LogP contribution is 2.13. The predicted octanol–water partition coefficient (Wildman–Crippen LogP) is 7.32. The molecule has 0 N–H and O–H groups in total. The number of hydrogen-bond acceptors (Lipinski definition) is 3. The number of carbonyl (C=O) groups is 1. The zero-order valence-electron chi connectivity index (χ0n) is 17.2. The summed E-state index contributed by atoms with van der Waals surface area (Å²) in [6, 6.07) is 0. The Balaban J connectivity index is 3.34. The Morgan fingerprint density at radius 3 is 1.65 bits per heavy atom. The lowest BCUT2D eigenvalue weighted by atomic mass is 10.0. The van der Waals surface area contributed by atoms with Gasteiger partial charge in [-0.3, -0.25) is 4.79 Å². The first-order valence-corrected chi connectivity index (χ1v) is 11.8. The second-order valence-corrected chi connectivity index (χ2v) is 7.83. The van der Waals surface area contributed by atoms with Crippen LogP contribution in [0.3, 0.4) is 0 Å². The van der Waals surface area contributed by atoms with Crippen molar-refractivity contribution >= 4 is 21.9 Å². The molecule has 0 aromatic heterocycles. The molecule has 0 aliphatic carbocycles. The van der Waals surface area contributed by atoms with E-state index in [9.17, 15) is 4.79 Å². The van der Waals surface area contributed by atoms with Crippen molar-refractivity contribution in [2.45, 2.75) is 110 Å². The number of halogens is 1. The highest BCUT2D eigenvalue weighted by atomic mass is 79.9. The van der Waals surface area contributed by atoms with Crippen molar-refractivity contribution in [2.75, 3.05) is 11.9 Å². The van der Waals surface area contributed by atoms with Crippen LogP contribution in [0.4, 0.5) is 0 Å². The van der Waals surface area contributed by atoms with E-state index < -0.39 is 6.29 Å². The minimum atomic E-state index is -0.609. The summed E-state index contributed by atoms with van der Waals surface area (Å²) in [5, 5.41) is 0.180. The molecule has 154 valence electrons. The van der Waals surface area contributed by atoms with E-state index >= 15 is 0 Å². The Kier molecular flexibility index (Phi) is 19.2. The van der Waals surface area contributed by atoms with E-state index in [-0.39, 0.29) is 11.3 Å². The topological polar surface area (TPSA) is 35.5 Å². The van der Waals surface area contributed by atoms with Crippen molar-refractivity contribution in [3.05, 3.63) is 12.2 Å². The summed E-state index contributed by atoms with van der Waals surface area (Å²) in [6.45, 7) is 8.52. The quantitative estimate of drug-likeness (QED) is 0.0704. The lowest BCUT2D eigenvalue weighted by Crippen LogP contribution is -2.23. The van der Waals surface area contributed by atoms with Gasteiger partial charge in [-0.2, -0.15) is 0 Å². The molecular formula is C22H41BrO3. The summed E-state index contributed by atoms with van der Waals surface area (Å²) < 4.78 is 10.8. The smallest absolute Gasteiger partial charge is 0.319 e. The molecule has 0 aliphatic heterocycles. The van der Waals surface area contributed by atoms with Crippen molar-refractivity contribution in [3.63, 3.8) is 0 Å². The zero-order chi connectivity index (χ0) is 19.5. The first kappa shape index (κ1) is 25.6. The van der Waals surface area contributed by atoms with Crippen LogP contribution in [0, 0.1) is 0 Å². The van der Waals surface area contributed by atoms with Gasteiger partial charge < -0.3 is 9.47 Å². The molecular weight excluding hydrogens is 392 g/mol. The van der Waals surface area contributed by atoms with E-state index in [0.29, 0.717) is 6.61 Å². The summed E-state index contributed by atoms with van der Waals surface area (Å²) in [5.41, 5.74) is 0.727. The number of carbonyl (C=O) groups excluding carboxylic acids is 1. The molecule has 0 amide bonds. The predicted molar refractivity (Wildman–Crippen MR) is 115 cm³/mol. The molecule has 0 rings (SSSR count). The van der Waals surface area contributed by atoms with Gasteiger partial charge in [-0.05, 0) is 18.9 Å². The number of ether oxygens (including phenoxy) is 2. The summed E-state index contributed by atoms with van der Waals surface area (Å²) in [7, 11) is 0. The number of hydrogen-bond donors (Lipinski definition) is 0. The Morgan fingerprint density at radius 2 is 1.27 bits per heavy atom. The molecule has 0 aliphatic rings. The third kappa shape index (κ3) is 17.1. The van der Waals surface area contributed by atoms with E-state index in [1.54, 1.807) is 0 Å². The maximum Gasteiger partial charge on any atom is 0.319 e. The Morgan fingerprint density at radius 1 is 0.846 bits per heavy atom. The molecule has 0 saturated carbocycles. The van der Waals surface area contributed by atoms with E-state index in [0.717, 1.165) is 12.0 Å². The second-order valence-electron chi connectivity index (χ2n) is 7.27. The maximum atomic E-state index is 11.3. The van der Waals surface area contributed by atoms with Gasteiger partial charge in [-0.15, -0.1) is 0 Å². The maximum absolute atomic E-state index is 11.3. The molecule has 0 bridgehead atoms. The highest BCUT2D eigenvalue weighted by molar-refractivity contribution is 9.09. The standard InChI is InChI=1S/C22H41BrO3/c1-4-5-6-7-8-9-10-11-12-13-14-15-16-17-18-25-22(20(2)3)26-21(24)19-23/h22H,2,4-19H2,1,3H3. The molecule has 1 atom stereocenters. The second kappa shape index (κ2) is 19.4. The van der Waals surface area contributed by atoms with Crippen molar-refractivity contribution in [1.82, 2.24) is 0 Å². The lowest BCUT2D eigenvalue weighted by Gasteiger charge is -2.17. The minimum absolute atomic E-state index is 0.180. The van der Waals surface area contributed by atoms with Crippen molar-refractivity contribution < 1.29 is 14.3 Å². The fraction of sp³-hybridized carbons (Fsp3) is 0.864. The number of alkyl halides is 1. The van der Waals surface area contributed by atoms with E-state index in [1.165, 1.54) is 83.5 Å². The van der Waals surface area contributed by atoms with Crippen LogP contribution in [0.5, 0.6) is 0 Å². The van der Waals surface area contributed by atoms with Crippen molar-refractivity contribution in [1.29, 1.82) is 0 Å². The SMILES string of the molecule is C=C(C)C(OCCCCCCCCCCCCCCCC)OC(=O)CBr. The van der Waals surface area contributed by atoms with Gasteiger partial charge in [0.05, 0.1) is 6.61 Å². The molecule has 0 fully saturated rings. The Hall–Kier alpha value is -0.350. The van der Waals surface area contributed by atoms with Crippen LogP contribution in [0.2, 0.25) is 0 Å². The Bertz CT molecular complexity index is 344. The monoisotopic (exact) mass is 432 g/mol. The number of rotatable bonds is 19. The minimum Gasteiger partial charge on any atom is -0.431 e. The molecule has 0 aromatic rings. The van der Waals surface area contributed by atoms with Crippen LogP contribution < -0.4 is 0 Å². The van der Waals surface area contributed by atoms with E-state index in [2.05, 4.69) is 29.4 Å². The highest BCUT2D eigenvalue weighted by Gasteiger charge is 2.14. The fourth-order valence-corrected chi connectivity index (χ4v) is 3.05. The van der Waals surface area contributed by atoms with Crippen LogP contribution >= 0.6 is 15.9 Å². The van der Waals surface area contributed by atoms with Crippen LogP contribution in [-0.4, -0.2) is 24.2 Å². The summed E-state index contributed by atoms with van der Waals surface area (Å²) in [6.07, 6.45) is 18.1.